The molecule has 0 aliphatic heterocycles. The Kier molecular flexibility index (Phi) is 5.88. The highest BCUT2D eigenvalue weighted by Crippen LogP contribution is 1.97. The van der Waals surface area contributed by atoms with Gasteiger partial charge in [0.2, 0.25) is 0 Å². The van der Waals surface area contributed by atoms with E-state index in [1.54, 1.807) is 6.92 Å². The molecule has 13 heavy (non-hydrogen) atoms. The number of hydrogen-bond acceptors (Lipinski definition) is 4. The summed E-state index contributed by atoms with van der Waals surface area (Å²) in [6.45, 7) is 1.56. The summed E-state index contributed by atoms with van der Waals surface area (Å²) in [5, 5.41) is 11.0. The summed E-state index contributed by atoms with van der Waals surface area (Å²) in [7, 11) is 1.22. The van der Waals surface area contributed by atoms with Gasteiger partial charge < -0.3 is 15.2 Å². The van der Waals surface area contributed by atoms with E-state index in [-0.39, 0.29) is 18.8 Å². The topological polar surface area (TPSA) is 75.6 Å². The second kappa shape index (κ2) is 6.42. The van der Waals surface area contributed by atoms with Crippen LogP contribution in [0.1, 0.15) is 19.8 Å². The lowest BCUT2D eigenvalue weighted by molar-refractivity contribution is -0.121. The van der Waals surface area contributed by atoms with Crippen molar-refractivity contribution < 1.29 is 19.4 Å². The van der Waals surface area contributed by atoms with Crippen LogP contribution in [0.15, 0.2) is 0 Å². The number of rotatable bonds is 5. The molecule has 0 rings (SSSR count). The number of ketones is 1. The number of Topliss-reactive ketones (excluding diaryl/α,β-unsaturated/α-hetero) is 1. The smallest absolute Gasteiger partial charge is 0.407 e. The molecule has 0 spiro atoms. The van der Waals surface area contributed by atoms with E-state index in [4.69, 9.17) is 5.11 Å². The SMILES string of the molecule is CCC(=O)C(CCO)NC(=O)OC. The van der Waals surface area contributed by atoms with E-state index >= 15 is 0 Å². The summed E-state index contributed by atoms with van der Waals surface area (Å²) in [6.07, 6.45) is -0.101. The first kappa shape index (κ1) is 11.9. The zero-order chi connectivity index (χ0) is 10.3. The fourth-order valence-corrected chi connectivity index (χ4v) is 0.890. The van der Waals surface area contributed by atoms with E-state index in [0.717, 1.165) is 0 Å². The van der Waals surface area contributed by atoms with Gasteiger partial charge in [0.05, 0.1) is 13.2 Å². The first-order valence-electron chi connectivity index (χ1n) is 4.13. The molecule has 76 valence electrons. The summed E-state index contributed by atoms with van der Waals surface area (Å²) in [5.41, 5.74) is 0. The predicted molar refractivity (Wildman–Crippen MR) is 46.3 cm³/mol. The first-order chi connectivity index (χ1) is 6.15. The van der Waals surface area contributed by atoms with Crippen molar-refractivity contribution in [1.82, 2.24) is 5.32 Å². The number of amides is 1. The third-order valence-electron chi connectivity index (χ3n) is 1.63. The molecule has 2 N–H and O–H groups in total. The van der Waals surface area contributed by atoms with Crippen LogP contribution in [-0.4, -0.2) is 36.7 Å². The molecular formula is C8H15NO4. The fourth-order valence-electron chi connectivity index (χ4n) is 0.890. The zero-order valence-electron chi connectivity index (χ0n) is 7.87. The average Bonchev–Trinajstić information content (AvgIpc) is 2.15. The Bertz CT molecular complexity index is 181. The van der Waals surface area contributed by atoms with Gasteiger partial charge >= 0.3 is 6.09 Å². The molecule has 0 fully saturated rings. The number of alkyl carbamates (subject to hydrolysis) is 1. The number of aliphatic hydroxyl groups excluding tert-OH is 1. The largest absolute Gasteiger partial charge is 0.453 e. The molecule has 1 atom stereocenters. The van der Waals surface area contributed by atoms with Crippen molar-refractivity contribution in [2.75, 3.05) is 13.7 Å². The molecule has 5 heteroatoms. The highest BCUT2D eigenvalue weighted by atomic mass is 16.5. The van der Waals surface area contributed by atoms with Crippen LogP contribution >= 0.6 is 0 Å². The second-order valence-electron chi connectivity index (χ2n) is 2.52. The molecule has 0 aromatic carbocycles. The van der Waals surface area contributed by atoms with Crippen LogP contribution in [0.3, 0.4) is 0 Å². The van der Waals surface area contributed by atoms with Crippen molar-refractivity contribution in [1.29, 1.82) is 0 Å². The quantitative estimate of drug-likeness (QED) is 0.641. The van der Waals surface area contributed by atoms with Gasteiger partial charge in [0.15, 0.2) is 5.78 Å². The molecular weight excluding hydrogens is 174 g/mol. The summed E-state index contributed by atoms with van der Waals surface area (Å²) < 4.78 is 4.34. The second-order valence-corrected chi connectivity index (χ2v) is 2.52. The summed E-state index contributed by atoms with van der Waals surface area (Å²) >= 11 is 0. The highest BCUT2D eigenvalue weighted by Gasteiger charge is 2.18. The minimum Gasteiger partial charge on any atom is -0.453 e. The van der Waals surface area contributed by atoms with E-state index in [9.17, 15) is 9.59 Å². The van der Waals surface area contributed by atoms with Crippen molar-refractivity contribution in [2.45, 2.75) is 25.8 Å². The maximum atomic E-state index is 11.2. The van der Waals surface area contributed by atoms with Crippen LogP contribution in [0.4, 0.5) is 4.79 Å². The third kappa shape index (κ3) is 4.47. The van der Waals surface area contributed by atoms with E-state index in [1.807, 2.05) is 0 Å². The number of hydrogen-bond donors (Lipinski definition) is 2. The monoisotopic (exact) mass is 189 g/mol. The minimum absolute atomic E-state index is 0.112. The summed E-state index contributed by atoms with van der Waals surface area (Å²) in [5.74, 6) is -0.112. The van der Waals surface area contributed by atoms with Gasteiger partial charge in [-0.3, -0.25) is 4.79 Å². The first-order valence-corrected chi connectivity index (χ1v) is 4.13. The summed E-state index contributed by atoms with van der Waals surface area (Å²) in [6, 6.07) is -0.637. The number of carbonyl (C=O) groups excluding carboxylic acids is 2. The zero-order valence-corrected chi connectivity index (χ0v) is 7.87. The van der Waals surface area contributed by atoms with Crippen LogP contribution in [0, 0.1) is 0 Å². The van der Waals surface area contributed by atoms with E-state index < -0.39 is 12.1 Å². The average molecular weight is 189 g/mol. The fraction of sp³-hybridized carbons (Fsp3) is 0.750. The predicted octanol–water partition coefficient (Wildman–Crippen LogP) is 0.0725. The molecule has 0 aromatic rings. The number of ether oxygens (including phenoxy) is 1. The molecule has 0 aliphatic carbocycles. The van der Waals surface area contributed by atoms with Gasteiger partial charge in [-0.1, -0.05) is 6.92 Å². The van der Waals surface area contributed by atoms with Crippen LogP contribution in [0.2, 0.25) is 0 Å². The Hall–Kier alpha value is -1.10. The Labute approximate surface area is 77.1 Å². The Morgan fingerprint density at radius 1 is 1.54 bits per heavy atom. The Morgan fingerprint density at radius 2 is 2.15 bits per heavy atom. The van der Waals surface area contributed by atoms with Gasteiger partial charge in [-0.2, -0.15) is 0 Å². The van der Waals surface area contributed by atoms with Crippen LogP contribution in [-0.2, 0) is 9.53 Å². The summed E-state index contributed by atoms with van der Waals surface area (Å²) in [4.78, 5) is 21.9. The molecule has 0 aliphatic rings. The number of methoxy groups -OCH3 is 1. The lowest BCUT2D eigenvalue weighted by Crippen LogP contribution is -2.41. The lowest BCUT2D eigenvalue weighted by atomic mass is 10.1. The molecule has 0 aromatic heterocycles. The van der Waals surface area contributed by atoms with Gasteiger partial charge in [0, 0.05) is 13.0 Å². The van der Waals surface area contributed by atoms with Gasteiger partial charge in [-0.05, 0) is 6.42 Å². The van der Waals surface area contributed by atoms with Crippen LogP contribution in [0.5, 0.6) is 0 Å². The van der Waals surface area contributed by atoms with Crippen molar-refractivity contribution in [3.63, 3.8) is 0 Å². The van der Waals surface area contributed by atoms with Crippen LogP contribution < -0.4 is 5.32 Å². The lowest BCUT2D eigenvalue weighted by Gasteiger charge is -2.14. The molecule has 1 unspecified atom stereocenters. The van der Waals surface area contributed by atoms with E-state index in [2.05, 4.69) is 10.1 Å². The van der Waals surface area contributed by atoms with Crippen LogP contribution in [0.25, 0.3) is 0 Å². The maximum absolute atomic E-state index is 11.2. The molecule has 0 heterocycles. The normalized spacial score (nSPS) is 11.9. The Morgan fingerprint density at radius 3 is 2.54 bits per heavy atom. The number of carbonyl (C=O) groups is 2. The number of nitrogens with one attached hydrogen (secondary N) is 1. The van der Waals surface area contributed by atoms with Crippen molar-refractivity contribution >= 4 is 11.9 Å². The molecule has 5 nitrogen and oxygen atoms in total. The van der Waals surface area contributed by atoms with Gasteiger partial charge in [-0.15, -0.1) is 0 Å². The van der Waals surface area contributed by atoms with Gasteiger partial charge in [0.25, 0.3) is 0 Å². The van der Waals surface area contributed by atoms with Crippen molar-refractivity contribution in [2.24, 2.45) is 0 Å². The maximum Gasteiger partial charge on any atom is 0.407 e. The standard InChI is InChI=1S/C8H15NO4/c1-3-7(11)6(4-5-10)9-8(12)13-2/h6,10H,3-5H2,1-2H3,(H,9,12). The van der Waals surface area contributed by atoms with Gasteiger partial charge in [-0.25, -0.2) is 4.79 Å². The minimum atomic E-state index is -0.653. The van der Waals surface area contributed by atoms with E-state index in [0.29, 0.717) is 6.42 Å². The highest BCUT2D eigenvalue weighted by molar-refractivity contribution is 5.87. The molecule has 0 saturated heterocycles. The van der Waals surface area contributed by atoms with Crippen molar-refractivity contribution in [3.05, 3.63) is 0 Å². The van der Waals surface area contributed by atoms with Crippen molar-refractivity contribution in [3.8, 4) is 0 Å². The Balaban J connectivity index is 4.08. The molecule has 0 saturated carbocycles. The third-order valence-corrected chi connectivity index (χ3v) is 1.63. The number of aliphatic hydroxyl groups is 1. The molecule has 1 amide bonds. The van der Waals surface area contributed by atoms with E-state index in [1.165, 1.54) is 7.11 Å². The van der Waals surface area contributed by atoms with Gasteiger partial charge in [0.1, 0.15) is 0 Å². The molecule has 0 bridgehead atoms. The molecule has 0 radical (unpaired) electrons.